The summed E-state index contributed by atoms with van der Waals surface area (Å²) in [4.78, 5) is 61.9. The van der Waals surface area contributed by atoms with E-state index in [0.29, 0.717) is 40.4 Å². The molecular weight excluding hydrogens is 506 g/mol. The van der Waals surface area contributed by atoms with Crippen LogP contribution in [0.3, 0.4) is 0 Å². The number of piperidine rings is 2. The predicted molar refractivity (Wildman–Crippen MR) is 145 cm³/mol. The van der Waals surface area contributed by atoms with Gasteiger partial charge in [0, 0.05) is 49.2 Å². The lowest BCUT2D eigenvalue weighted by Gasteiger charge is -2.45. The van der Waals surface area contributed by atoms with Crippen molar-refractivity contribution in [1.82, 2.24) is 19.7 Å². The van der Waals surface area contributed by atoms with Crippen LogP contribution in [0.15, 0.2) is 6.07 Å². The Balaban J connectivity index is 1.31. The van der Waals surface area contributed by atoms with Crippen LogP contribution in [0.25, 0.3) is 10.2 Å². The van der Waals surface area contributed by atoms with Crippen LogP contribution in [-0.4, -0.2) is 86.9 Å². The number of pyridine rings is 1. The van der Waals surface area contributed by atoms with E-state index in [-0.39, 0.29) is 36.2 Å². The number of thiophene rings is 1. The van der Waals surface area contributed by atoms with Crippen molar-refractivity contribution in [3.63, 3.8) is 0 Å². The number of fused-ring (bicyclic) bond motifs is 1. The maximum Gasteiger partial charge on any atom is 0.409 e. The van der Waals surface area contributed by atoms with Gasteiger partial charge in [-0.05, 0) is 71.6 Å². The van der Waals surface area contributed by atoms with Gasteiger partial charge >= 0.3 is 6.09 Å². The summed E-state index contributed by atoms with van der Waals surface area (Å²) >= 11 is 1.18. The van der Waals surface area contributed by atoms with Crippen LogP contribution < -0.4 is 5.32 Å². The molecule has 204 valence electrons. The normalized spacial score (nSPS) is 23.3. The number of carbonyl (C=O) groups is 4. The Bertz CT molecular complexity index is 1310. The zero-order valence-electron chi connectivity index (χ0n) is 22.4. The van der Waals surface area contributed by atoms with Gasteiger partial charge in [0.2, 0.25) is 11.8 Å². The van der Waals surface area contributed by atoms with Gasteiger partial charge in [-0.25, -0.2) is 9.78 Å². The third-order valence-corrected chi connectivity index (χ3v) is 9.40. The molecule has 3 fully saturated rings. The molecule has 3 aliphatic heterocycles. The van der Waals surface area contributed by atoms with Gasteiger partial charge in [0.05, 0.1) is 11.0 Å². The lowest BCUT2D eigenvalue weighted by atomic mass is 9.77. The molecule has 11 heteroatoms. The molecule has 0 bridgehead atoms. The average Bonchev–Trinajstić information content (AvgIpc) is 3.31. The van der Waals surface area contributed by atoms with Gasteiger partial charge in [-0.3, -0.25) is 29.5 Å². The van der Waals surface area contributed by atoms with Crippen LogP contribution >= 0.6 is 11.3 Å². The smallest absolute Gasteiger partial charge is 0.409 e. The molecule has 4 amide bonds. The van der Waals surface area contributed by atoms with Crippen molar-refractivity contribution in [2.75, 3.05) is 31.5 Å². The lowest BCUT2D eigenvalue weighted by molar-refractivity contribution is -0.145. The molecule has 3 aliphatic rings. The number of imide groups is 1. The quantitative estimate of drug-likeness (QED) is 0.564. The minimum Gasteiger partial charge on any atom is -0.465 e. The SMILES string of the molecule is Cc1cc2c(C(=O)N3CCC(N4CCCC5(CC(=O)N(C(C)C)C5=O)C4)CC3)c(NC(=O)O)sc2nc1C. The number of likely N-dealkylation sites (tertiary alicyclic amines) is 3. The van der Waals surface area contributed by atoms with Gasteiger partial charge < -0.3 is 10.0 Å². The monoisotopic (exact) mass is 541 g/mol. The fourth-order valence-electron chi connectivity index (χ4n) is 6.34. The number of hydrogen-bond donors (Lipinski definition) is 2. The molecule has 0 radical (unpaired) electrons. The second-order valence-electron chi connectivity index (χ2n) is 11.2. The van der Waals surface area contributed by atoms with E-state index in [1.165, 1.54) is 16.2 Å². The Kier molecular flexibility index (Phi) is 6.93. The largest absolute Gasteiger partial charge is 0.465 e. The highest BCUT2D eigenvalue weighted by Gasteiger charge is 2.54. The topological polar surface area (TPSA) is 123 Å². The first-order chi connectivity index (χ1) is 18.0. The van der Waals surface area contributed by atoms with Gasteiger partial charge in [-0.2, -0.15) is 0 Å². The molecule has 1 unspecified atom stereocenters. The van der Waals surface area contributed by atoms with E-state index >= 15 is 0 Å². The number of amides is 4. The maximum absolute atomic E-state index is 13.7. The molecule has 5 rings (SSSR count). The second kappa shape index (κ2) is 9.92. The fraction of sp³-hybridized carbons (Fsp3) is 0.593. The summed E-state index contributed by atoms with van der Waals surface area (Å²) in [6.45, 7) is 10.1. The van der Waals surface area contributed by atoms with Crippen LogP contribution in [0.2, 0.25) is 0 Å². The molecule has 1 spiro atoms. The van der Waals surface area contributed by atoms with E-state index < -0.39 is 11.5 Å². The first kappa shape index (κ1) is 26.6. The van der Waals surface area contributed by atoms with Crippen molar-refractivity contribution >= 4 is 50.4 Å². The molecule has 10 nitrogen and oxygen atoms in total. The number of nitrogens with zero attached hydrogens (tertiary/aromatic N) is 4. The lowest BCUT2D eigenvalue weighted by Crippen LogP contribution is -2.54. The van der Waals surface area contributed by atoms with Crippen molar-refractivity contribution in [2.45, 2.75) is 71.9 Å². The number of carbonyl (C=O) groups excluding carboxylic acids is 3. The van der Waals surface area contributed by atoms with E-state index in [4.69, 9.17) is 0 Å². The first-order valence-electron chi connectivity index (χ1n) is 13.3. The van der Waals surface area contributed by atoms with Crippen LogP contribution in [0.5, 0.6) is 0 Å². The maximum atomic E-state index is 13.7. The highest BCUT2D eigenvalue weighted by molar-refractivity contribution is 7.23. The minimum absolute atomic E-state index is 0.0308. The predicted octanol–water partition coefficient (Wildman–Crippen LogP) is 3.86. The molecule has 0 saturated carbocycles. The Hall–Kier alpha value is -3.05. The van der Waals surface area contributed by atoms with Crippen molar-refractivity contribution in [2.24, 2.45) is 5.41 Å². The zero-order chi connectivity index (χ0) is 27.4. The van der Waals surface area contributed by atoms with Gasteiger partial charge in [-0.1, -0.05) is 11.3 Å². The van der Waals surface area contributed by atoms with Gasteiger partial charge in [0.25, 0.3) is 5.91 Å². The number of rotatable bonds is 4. The molecule has 38 heavy (non-hydrogen) atoms. The second-order valence-corrected chi connectivity index (χ2v) is 12.2. The molecule has 0 aromatic carbocycles. The van der Waals surface area contributed by atoms with Gasteiger partial charge in [0.1, 0.15) is 9.83 Å². The standard InChI is InChI=1S/C27H35N5O5S/c1-15(2)32-20(33)13-27(25(32)35)8-5-9-31(14-27)18-6-10-30(11-7-18)24(34)21-19-12-16(3)17(4)28-22(19)38-23(21)29-26(36)37/h12,15,18,29H,5-11,13-14H2,1-4H3,(H,36,37). The fourth-order valence-corrected chi connectivity index (χ4v) is 7.42. The molecule has 0 aliphatic carbocycles. The molecule has 2 N–H and O–H groups in total. The van der Waals surface area contributed by atoms with E-state index in [9.17, 15) is 24.3 Å². The number of hydrogen-bond acceptors (Lipinski definition) is 7. The summed E-state index contributed by atoms with van der Waals surface area (Å²) in [7, 11) is 0. The van der Waals surface area contributed by atoms with Crippen molar-refractivity contribution < 1.29 is 24.3 Å². The summed E-state index contributed by atoms with van der Waals surface area (Å²) in [6, 6.07) is 2.01. The number of aromatic nitrogens is 1. The summed E-state index contributed by atoms with van der Waals surface area (Å²) < 4.78 is 0. The van der Waals surface area contributed by atoms with Gasteiger partial charge in [0.15, 0.2) is 0 Å². The van der Waals surface area contributed by atoms with Crippen molar-refractivity contribution in [1.29, 1.82) is 0 Å². The Morgan fingerprint density at radius 1 is 1.18 bits per heavy atom. The third-order valence-electron chi connectivity index (χ3n) is 8.38. The highest BCUT2D eigenvalue weighted by atomic mass is 32.1. The first-order valence-corrected chi connectivity index (χ1v) is 14.1. The summed E-state index contributed by atoms with van der Waals surface area (Å²) in [6.07, 6.45) is 2.21. The summed E-state index contributed by atoms with van der Waals surface area (Å²) in [5.74, 6) is -0.291. The Morgan fingerprint density at radius 3 is 2.53 bits per heavy atom. The summed E-state index contributed by atoms with van der Waals surface area (Å²) in [5.41, 5.74) is 1.53. The molecule has 3 saturated heterocycles. The van der Waals surface area contributed by atoms with Crippen LogP contribution in [0.1, 0.15) is 67.6 Å². The molecule has 5 heterocycles. The zero-order valence-corrected chi connectivity index (χ0v) is 23.2. The van der Waals surface area contributed by atoms with Crippen LogP contribution in [0.4, 0.5) is 9.80 Å². The van der Waals surface area contributed by atoms with E-state index in [1.54, 1.807) is 4.90 Å². The Morgan fingerprint density at radius 2 is 1.89 bits per heavy atom. The van der Waals surface area contributed by atoms with Gasteiger partial charge in [-0.15, -0.1) is 0 Å². The van der Waals surface area contributed by atoms with E-state index in [0.717, 1.165) is 43.5 Å². The Labute approximate surface area is 226 Å². The highest BCUT2D eigenvalue weighted by Crippen LogP contribution is 2.43. The summed E-state index contributed by atoms with van der Waals surface area (Å²) in [5, 5.41) is 12.7. The molecule has 1 atom stereocenters. The van der Waals surface area contributed by atoms with E-state index in [1.807, 2.05) is 33.8 Å². The molecule has 2 aromatic rings. The van der Waals surface area contributed by atoms with Crippen molar-refractivity contribution in [3.8, 4) is 0 Å². The third kappa shape index (κ3) is 4.55. The average molecular weight is 542 g/mol. The number of aryl methyl sites for hydroxylation is 2. The molecular formula is C27H35N5O5S. The number of carboxylic acid groups (broad SMARTS) is 1. The number of anilines is 1. The van der Waals surface area contributed by atoms with E-state index in [2.05, 4.69) is 15.2 Å². The molecule has 2 aromatic heterocycles. The minimum atomic E-state index is -1.22. The van der Waals surface area contributed by atoms with Crippen molar-refractivity contribution in [3.05, 3.63) is 22.9 Å². The number of nitrogens with one attached hydrogen (secondary N) is 1. The van der Waals surface area contributed by atoms with Crippen LogP contribution in [0, 0.1) is 19.3 Å². The van der Waals surface area contributed by atoms with Crippen LogP contribution in [-0.2, 0) is 9.59 Å².